The molecule has 2 heterocycles. The number of nitrogens with one attached hydrogen (secondary N) is 1. The average molecular weight is 411 g/mol. The first-order valence-electron chi connectivity index (χ1n) is 11.0. The van der Waals surface area contributed by atoms with E-state index < -0.39 is 5.54 Å². The molecule has 1 aromatic carbocycles. The molecule has 4 aliphatic rings. The van der Waals surface area contributed by atoms with Crippen LogP contribution in [0.1, 0.15) is 64.0 Å². The summed E-state index contributed by atoms with van der Waals surface area (Å²) < 4.78 is 6.28. The van der Waals surface area contributed by atoms with Crippen molar-refractivity contribution in [1.29, 1.82) is 0 Å². The zero-order valence-corrected chi connectivity index (χ0v) is 17.7. The minimum atomic E-state index is -0.452. The SMILES string of the molecule is CC1(C)CC(=O)N(C[C@H]2C[C@@H]2C(=O)N[C@H]2CC3(CCC3)Oc3ccccc32)C(N)=N1. The molecule has 0 aromatic heterocycles. The Balaban J connectivity index is 1.24. The predicted molar refractivity (Wildman–Crippen MR) is 113 cm³/mol. The molecule has 5 rings (SSSR count). The maximum absolute atomic E-state index is 13.0. The lowest BCUT2D eigenvalue weighted by molar-refractivity contribution is -0.130. The lowest BCUT2D eigenvalue weighted by Crippen LogP contribution is -2.51. The molecule has 1 aromatic rings. The van der Waals surface area contributed by atoms with Gasteiger partial charge in [0.25, 0.3) is 0 Å². The van der Waals surface area contributed by atoms with Crippen LogP contribution in [0.5, 0.6) is 5.75 Å². The second-order valence-corrected chi connectivity index (χ2v) is 10.0. The lowest BCUT2D eigenvalue weighted by Gasteiger charge is -2.48. The van der Waals surface area contributed by atoms with Crippen molar-refractivity contribution >= 4 is 17.8 Å². The van der Waals surface area contributed by atoms with E-state index in [9.17, 15) is 9.59 Å². The number of hydrogen-bond acceptors (Lipinski definition) is 5. The zero-order chi connectivity index (χ0) is 21.1. The quantitative estimate of drug-likeness (QED) is 0.797. The largest absolute Gasteiger partial charge is 0.487 e. The molecule has 7 heteroatoms. The normalized spacial score (nSPS) is 30.6. The van der Waals surface area contributed by atoms with Gasteiger partial charge in [-0.25, -0.2) is 4.99 Å². The molecule has 2 saturated carbocycles. The molecule has 2 aliphatic carbocycles. The first-order valence-corrected chi connectivity index (χ1v) is 11.0. The standard InChI is InChI=1S/C23H30N4O3/c1-22(2)12-19(28)27(21(24)26-22)13-14-10-16(14)20(29)25-17-11-23(8-5-9-23)30-18-7-4-3-6-15(17)18/h3-4,6-7,14,16-17H,5,8-13H2,1-2H3,(H2,24,26)(H,25,29)/t14-,16+,17+/m1/s1. The Morgan fingerprint density at radius 2 is 2.10 bits per heavy atom. The second kappa shape index (κ2) is 6.72. The van der Waals surface area contributed by atoms with Crippen LogP contribution in [0.2, 0.25) is 0 Å². The van der Waals surface area contributed by atoms with Crippen LogP contribution >= 0.6 is 0 Å². The maximum atomic E-state index is 13.0. The van der Waals surface area contributed by atoms with Crippen molar-refractivity contribution in [3.8, 4) is 5.75 Å². The lowest BCUT2D eigenvalue weighted by atomic mass is 9.73. The van der Waals surface area contributed by atoms with Gasteiger partial charge in [0.1, 0.15) is 11.4 Å². The summed E-state index contributed by atoms with van der Waals surface area (Å²) in [5, 5.41) is 3.28. The molecular weight excluding hydrogens is 380 g/mol. The smallest absolute Gasteiger partial charge is 0.231 e. The van der Waals surface area contributed by atoms with Gasteiger partial charge in [0.2, 0.25) is 11.8 Å². The molecule has 2 aliphatic heterocycles. The van der Waals surface area contributed by atoms with Crippen LogP contribution in [0.4, 0.5) is 0 Å². The number of amides is 2. The van der Waals surface area contributed by atoms with Crippen LogP contribution in [0.25, 0.3) is 0 Å². The highest BCUT2D eigenvalue weighted by Gasteiger charge is 2.49. The van der Waals surface area contributed by atoms with E-state index in [1.54, 1.807) is 4.90 Å². The molecule has 0 unspecified atom stereocenters. The summed E-state index contributed by atoms with van der Waals surface area (Å²) >= 11 is 0. The number of benzene rings is 1. The number of carbonyl (C=O) groups excluding carboxylic acids is 2. The van der Waals surface area contributed by atoms with Crippen LogP contribution < -0.4 is 15.8 Å². The van der Waals surface area contributed by atoms with Crippen molar-refractivity contribution in [3.63, 3.8) is 0 Å². The van der Waals surface area contributed by atoms with Gasteiger partial charge in [-0.15, -0.1) is 0 Å². The van der Waals surface area contributed by atoms with E-state index in [-0.39, 0.29) is 41.3 Å². The number of nitrogens with zero attached hydrogens (tertiary/aromatic N) is 2. The van der Waals surface area contributed by atoms with Crippen molar-refractivity contribution in [2.24, 2.45) is 22.6 Å². The molecule has 2 fully saturated rings. The van der Waals surface area contributed by atoms with Gasteiger partial charge < -0.3 is 15.8 Å². The first-order chi connectivity index (χ1) is 14.3. The fraction of sp³-hybridized carbons (Fsp3) is 0.609. The van der Waals surface area contributed by atoms with Gasteiger partial charge >= 0.3 is 0 Å². The van der Waals surface area contributed by atoms with Crippen LogP contribution in [0, 0.1) is 11.8 Å². The van der Waals surface area contributed by atoms with Gasteiger partial charge in [0, 0.05) is 24.4 Å². The molecule has 2 amide bonds. The third-order valence-corrected chi connectivity index (χ3v) is 7.03. The molecule has 0 bridgehead atoms. The molecule has 3 atom stereocenters. The van der Waals surface area contributed by atoms with Gasteiger partial charge in [-0.05, 0) is 51.5 Å². The Kier molecular flexibility index (Phi) is 4.35. The minimum Gasteiger partial charge on any atom is -0.487 e. The maximum Gasteiger partial charge on any atom is 0.231 e. The number of rotatable bonds is 4. The van der Waals surface area contributed by atoms with Crippen LogP contribution in [0.3, 0.4) is 0 Å². The van der Waals surface area contributed by atoms with Gasteiger partial charge in [-0.2, -0.15) is 0 Å². The van der Waals surface area contributed by atoms with Gasteiger partial charge in [-0.3, -0.25) is 14.5 Å². The summed E-state index contributed by atoms with van der Waals surface area (Å²) in [7, 11) is 0. The molecule has 1 spiro atoms. The van der Waals surface area contributed by atoms with E-state index in [1.807, 2.05) is 38.1 Å². The Morgan fingerprint density at radius 1 is 1.33 bits per heavy atom. The summed E-state index contributed by atoms with van der Waals surface area (Å²) in [5.41, 5.74) is 6.53. The van der Waals surface area contributed by atoms with Crippen molar-refractivity contribution in [1.82, 2.24) is 10.2 Å². The third kappa shape index (κ3) is 3.44. The molecule has 0 radical (unpaired) electrons. The van der Waals surface area contributed by atoms with Crippen molar-refractivity contribution in [2.45, 2.75) is 69.6 Å². The van der Waals surface area contributed by atoms with Crippen LogP contribution in [-0.4, -0.2) is 40.4 Å². The second-order valence-electron chi connectivity index (χ2n) is 10.0. The fourth-order valence-electron chi connectivity index (χ4n) is 5.11. The minimum absolute atomic E-state index is 0.0103. The van der Waals surface area contributed by atoms with Gasteiger partial charge in [0.15, 0.2) is 5.96 Å². The highest BCUT2D eigenvalue weighted by Crippen LogP contribution is 2.49. The van der Waals surface area contributed by atoms with Crippen molar-refractivity contribution in [3.05, 3.63) is 29.8 Å². The molecule has 160 valence electrons. The molecule has 3 N–H and O–H groups in total. The topological polar surface area (TPSA) is 97.0 Å². The van der Waals surface area contributed by atoms with Crippen molar-refractivity contribution < 1.29 is 14.3 Å². The predicted octanol–water partition coefficient (Wildman–Crippen LogP) is 2.51. The number of carbonyl (C=O) groups is 2. The summed E-state index contributed by atoms with van der Waals surface area (Å²) in [6, 6.07) is 8.00. The van der Waals surface area contributed by atoms with E-state index in [0.29, 0.717) is 13.0 Å². The van der Waals surface area contributed by atoms with E-state index in [2.05, 4.69) is 10.3 Å². The highest BCUT2D eigenvalue weighted by molar-refractivity contribution is 5.99. The van der Waals surface area contributed by atoms with E-state index >= 15 is 0 Å². The number of aliphatic imine (C=N–C) groups is 1. The van der Waals surface area contributed by atoms with E-state index in [1.165, 1.54) is 6.42 Å². The Bertz CT molecular complexity index is 921. The molecule has 30 heavy (non-hydrogen) atoms. The summed E-state index contributed by atoms with van der Waals surface area (Å²) in [6.07, 6.45) is 5.22. The third-order valence-electron chi connectivity index (χ3n) is 7.03. The first kappa shape index (κ1) is 19.4. The number of nitrogens with two attached hydrogens (primary N) is 1. The van der Waals surface area contributed by atoms with Gasteiger partial charge in [0.05, 0.1) is 18.0 Å². The number of fused-ring (bicyclic) bond motifs is 1. The number of ether oxygens (including phenoxy) is 1. The highest BCUT2D eigenvalue weighted by atomic mass is 16.5. The molecular formula is C23H30N4O3. The Labute approximate surface area is 177 Å². The Morgan fingerprint density at radius 3 is 2.80 bits per heavy atom. The average Bonchev–Trinajstić information content (AvgIpc) is 3.42. The van der Waals surface area contributed by atoms with Crippen LogP contribution in [-0.2, 0) is 9.59 Å². The number of guanidine groups is 1. The van der Waals surface area contributed by atoms with E-state index in [0.717, 1.165) is 37.0 Å². The summed E-state index contributed by atoms with van der Waals surface area (Å²) in [5.74, 6) is 1.28. The molecule has 7 nitrogen and oxygen atoms in total. The van der Waals surface area contributed by atoms with Crippen molar-refractivity contribution in [2.75, 3.05) is 6.54 Å². The Hall–Kier alpha value is -2.57. The fourth-order valence-corrected chi connectivity index (χ4v) is 5.11. The zero-order valence-electron chi connectivity index (χ0n) is 17.7. The monoisotopic (exact) mass is 410 g/mol. The van der Waals surface area contributed by atoms with E-state index in [4.69, 9.17) is 10.5 Å². The molecule has 0 saturated heterocycles. The number of hydrogen-bond donors (Lipinski definition) is 2. The van der Waals surface area contributed by atoms with Crippen LogP contribution in [0.15, 0.2) is 29.3 Å². The van der Waals surface area contributed by atoms with Gasteiger partial charge in [-0.1, -0.05) is 18.2 Å². The summed E-state index contributed by atoms with van der Waals surface area (Å²) in [4.78, 5) is 31.5. The summed E-state index contributed by atoms with van der Waals surface area (Å²) in [6.45, 7) is 4.28. The number of para-hydroxylation sites is 1.